The first-order valence-corrected chi connectivity index (χ1v) is 9.85. The van der Waals surface area contributed by atoms with Gasteiger partial charge in [-0.05, 0) is 48.9 Å². The normalized spacial score (nSPS) is 11.6. The molecule has 0 spiro atoms. The highest BCUT2D eigenvalue weighted by atomic mass is 19.4. The highest BCUT2D eigenvalue weighted by Crippen LogP contribution is 2.31. The van der Waals surface area contributed by atoms with Crippen molar-refractivity contribution in [2.45, 2.75) is 26.1 Å². The quantitative estimate of drug-likeness (QED) is 0.449. The first kappa shape index (κ1) is 22.2. The number of ether oxygens (including phenoxy) is 1. The van der Waals surface area contributed by atoms with Crippen LogP contribution in [0.4, 0.5) is 13.2 Å². The average molecular weight is 461 g/mol. The van der Waals surface area contributed by atoms with E-state index in [0.717, 1.165) is 22.4 Å². The lowest BCUT2D eigenvalue weighted by Crippen LogP contribution is -2.17. The molecule has 4 aromatic rings. The van der Waals surface area contributed by atoms with E-state index >= 15 is 0 Å². The molecule has 1 N–H and O–H groups in total. The summed E-state index contributed by atoms with van der Waals surface area (Å²) in [5, 5.41) is 0. The first-order chi connectivity index (χ1) is 15.7. The van der Waals surface area contributed by atoms with Crippen molar-refractivity contribution in [3.05, 3.63) is 92.1 Å². The first-order valence-electron chi connectivity index (χ1n) is 9.85. The molecule has 0 unspecified atom stereocenters. The molecule has 33 heavy (non-hydrogen) atoms. The standard InChI is InChI=1S/C22H18F3N3O5/c1-13-18(26-19(32-13)15-4-6-16(7-5-15)22(23,24)25)10-11-31-17-8-2-14(3-9-17)12-28-20(29)27-21(30)33-28/h2-9H,10-12H2,1H3,(H,27,29,30). The number of hydrogen-bond donors (Lipinski definition) is 1. The van der Waals surface area contributed by atoms with Crippen LogP contribution in [0.5, 0.6) is 5.75 Å². The van der Waals surface area contributed by atoms with E-state index < -0.39 is 23.2 Å². The van der Waals surface area contributed by atoms with Crippen molar-refractivity contribution in [1.82, 2.24) is 14.7 Å². The van der Waals surface area contributed by atoms with Gasteiger partial charge >= 0.3 is 17.6 Å². The Morgan fingerprint density at radius 3 is 2.36 bits per heavy atom. The highest BCUT2D eigenvalue weighted by molar-refractivity contribution is 5.54. The second-order valence-electron chi connectivity index (χ2n) is 7.18. The number of rotatable bonds is 7. The molecule has 8 nitrogen and oxygen atoms in total. The molecule has 0 radical (unpaired) electrons. The summed E-state index contributed by atoms with van der Waals surface area (Å²) >= 11 is 0. The molecule has 0 aliphatic rings. The van der Waals surface area contributed by atoms with Gasteiger partial charge in [0.15, 0.2) is 0 Å². The van der Waals surface area contributed by atoms with E-state index in [-0.39, 0.29) is 12.4 Å². The summed E-state index contributed by atoms with van der Waals surface area (Å²) in [6.45, 7) is 2.13. The van der Waals surface area contributed by atoms with E-state index in [0.29, 0.717) is 35.8 Å². The maximum atomic E-state index is 12.7. The van der Waals surface area contributed by atoms with Crippen molar-refractivity contribution in [2.24, 2.45) is 0 Å². The molecular weight excluding hydrogens is 443 g/mol. The fraction of sp³-hybridized carbons (Fsp3) is 0.227. The topological polar surface area (TPSA) is 103 Å². The molecule has 172 valence electrons. The van der Waals surface area contributed by atoms with Crippen molar-refractivity contribution in [3.8, 4) is 17.2 Å². The molecule has 2 aromatic heterocycles. The van der Waals surface area contributed by atoms with Gasteiger partial charge in [-0.1, -0.05) is 12.1 Å². The summed E-state index contributed by atoms with van der Waals surface area (Å²) in [6.07, 6.45) is -3.97. The summed E-state index contributed by atoms with van der Waals surface area (Å²) in [5.74, 6) is 0.574. The number of nitrogens with zero attached hydrogens (tertiary/aromatic N) is 2. The zero-order valence-electron chi connectivity index (χ0n) is 17.3. The maximum absolute atomic E-state index is 12.7. The van der Waals surface area contributed by atoms with Gasteiger partial charge in [0.05, 0.1) is 24.4 Å². The number of alkyl halides is 3. The summed E-state index contributed by atoms with van der Waals surface area (Å²) in [4.78, 5) is 28.9. The van der Waals surface area contributed by atoms with Crippen molar-refractivity contribution < 1.29 is 26.8 Å². The SMILES string of the molecule is Cc1oc(-c2ccc(C(F)(F)F)cc2)nc1CCOc1ccc(Cn2oc(=O)[nH]c2=O)cc1. The summed E-state index contributed by atoms with van der Waals surface area (Å²) < 4.78 is 55.1. The van der Waals surface area contributed by atoms with Crippen LogP contribution < -0.4 is 16.2 Å². The molecule has 2 aromatic carbocycles. The van der Waals surface area contributed by atoms with Gasteiger partial charge in [-0.2, -0.15) is 13.2 Å². The van der Waals surface area contributed by atoms with Crippen molar-refractivity contribution in [1.29, 1.82) is 0 Å². The highest BCUT2D eigenvalue weighted by Gasteiger charge is 2.30. The van der Waals surface area contributed by atoms with Gasteiger partial charge in [0.2, 0.25) is 5.89 Å². The molecule has 0 saturated carbocycles. The molecule has 0 amide bonds. The number of hydrogen-bond acceptors (Lipinski definition) is 6. The Kier molecular flexibility index (Phi) is 5.95. The van der Waals surface area contributed by atoms with E-state index in [9.17, 15) is 22.8 Å². The van der Waals surface area contributed by atoms with E-state index in [1.54, 1.807) is 31.2 Å². The monoisotopic (exact) mass is 461 g/mol. The number of nitrogens with one attached hydrogen (secondary N) is 1. The van der Waals surface area contributed by atoms with E-state index in [4.69, 9.17) is 13.7 Å². The number of aromatic amines is 1. The van der Waals surface area contributed by atoms with Crippen LogP contribution >= 0.6 is 0 Å². The van der Waals surface area contributed by atoms with E-state index in [1.165, 1.54) is 12.1 Å². The van der Waals surface area contributed by atoms with E-state index in [1.807, 2.05) is 4.98 Å². The third-order valence-corrected chi connectivity index (χ3v) is 4.84. The predicted molar refractivity (Wildman–Crippen MR) is 110 cm³/mol. The minimum absolute atomic E-state index is 0.0999. The van der Waals surface area contributed by atoms with Crippen LogP contribution in [0.25, 0.3) is 11.5 Å². The molecule has 0 bridgehead atoms. The molecule has 2 heterocycles. The third-order valence-electron chi connectivity index (χ3n) is 4.84. The Morgan fingerprint density at radius 2 is 1.76 bits per heavy atom. The Hall–Kier alpha value is -4.02. The Morgan fingerprint density at radius 1 is 1.06 bits per heavy atom. The summed E-state index contributed by atoms with van der Waals surface area (Å²) in [5.41, 5.74) is 0.466. The van der Waals surface area contributed by atoms with Crippen LogP contribution in [-0.4, -0.2) is 21.3 Å². The largest absolute Gasteiger partial charge is 0.493 e. The molecule has 0 fully saturated rings. The van der Waals surface area contributed by atoms with E-state index in [2.05, 4.69) is 4.98 Å². The van der Waals surface area contributed by atoms with Crippen molar-refractivity contribution >= 4 is 0 Å². The van der Waals surface area contributed by atoms with Gasteiger partial charge in [0, 0.05) is 12.0 Å². The van der Waals surface area contributed by atoms with Crippen LogP contribution in [0.3, 0.4) is 0 Å². The zero-order chi connectivity index (χ0) is 23.6. The van der Waals surface area contributed by atoms with Crippen LogP contribution in [0, 0.1) is 6.92 Å². The van der Waals surface area contributed by atoms with Gasteiger partial charge in [-0.3, -0.25) is 0 Å². The fourth-order valence-electron chi connectivity index (χ4n) is 3.13. The Bertz CT molecular complexity index is 1350. The van der Waals surface area contributed by atoms with Gasteiger partial charge in [0.25, 0.3) is 0 Å². The lowest BCUT2D eigenvalue weighted by Gasteiger charge is -2.06. The Balaban J connectivity index is 1.34. The molecule has 4 rings (SSSR count). The van der Waals surface area contributed by atoms with Gasteiger partial charge < -0.3 is 13.7 Å². The molecule has 0 aliphatic heterocycles. The lowest BCUT2D eigenvalue weighted by atomic mass is 10.1. The van der Waals surface area contributed by atoms with Gasteiger partial charge in [0.1, 0.15) is 11.5 Å². The number of oxazole rings is 1. The van der Waals surface area contributed by atoms with Crippen LogP contribution in [0.15, 0.2) is 67.1 Å². The summed E-state index contributed by atoms with van der Waals surface area (Å²) in [7, 11) is 0. The molecule has 0 atom stereocenters. The maximum Gasteiger partial charge on any atom is 0.440 e. The molecule has 0 saturated heterocycles. The second-order valence-corrected chi connectivity index (χ2v) is 7.18. The van der Waals surface area contributed by atoms with Crippen LogP contribution in [-0.2, 0) is 19.1 Å². The van der Waals surface area contributed by atoms with Crippen molar-refractivity contribution in [2.75, 3.05) is 6.61 Å². The number of H-pyrrole nitrogens is 1. The smallest absolute Gasteiger partial charge is 0.440 e. The number of aromatic nitrogens is 3. The minimum atomic E-state index is -4.40. The fourth-order valence-corrected chi connectivity index (χ4v) is 3.13. The van der Waals surface area contributed by atoms with Crippen LogP contribution in [0.1, 0.15) is 22.6 Å². The Labute approximate surface area is 184 Å². The van der Waals surface area contributed by atoms with Gasteiger partial charge in [-0.15, -0.1) is 4.74 Å². The molecule has 11 heteroatoms. The second kappa shape index (κ2) is 8.85. The van der Waals surface area contributed by atoms with Crippen molar-refractivity contribution in [3.63, 3.8) is 0 Å². The number of halogens is 3. The molecule has 0 aliphatic carbocycles. The summed E-state index contributed by atoms with van der Waals surface area (Å²) in [6, 6.07) is 11.5. The average Bonchev–Trinajstić information content (AvgIpc) is 3.29. The van der Waals surface area contributed by atoms with Gasteiger partial charge in [-0.25, -0.2) is 19.6 Å². The molecular formula is C22H18F3N3O5. The van der Waals surface area contributed by atoms with Crippen LogP contribution in [0.2, 0.25) is 0 Å². The minimum Gasteiger partial charge on any atom is -0.493 e. The number of aryl methyl sites for hydroxylation is 1. The zero-order valence-corrected chi connectivity index (χ0v) is 17.3. The lowest BCUT2D eigenvalue weighted by molar-refractivity contribution is -0.137. The predicted octanol–water partition coefficient (Wildman–Crippen LogP) is 3.78. The number of benzene rings is 2. The third kappa shape index (κ3) is 5.25.